The van der Waals surface area contributed by atoms with Crippen LogP contribution >= 0.6 is 0 Å². The van der Waals surface area contributed by atoms with Gasteiger partial charge in [0, 0.05) is 31.6 Å². The number of aliphatic carboxylic acids is 1. The van der Waals surface area contributed by atoms with Gasteiger partial charge >= 0.3 is 12.0 Å². The van der Waals surface area contributed by atoms with Crippen LogP contribution in [0.3, 0.4) is 0 Å². The number of carboxylic acid groups (broad SMARTS) is 1. The van der Waals surface area contributed by atoms with Crippen LogP contribution < -0.4 is 15.0 Å². The number of anilines is 1. The lowest BCUT2D eigenvalue weighted by molar-refractivity contribution is -0.143. The number of carbonyl (C=O) groups is 4. The van der Waals surface area contributed by atoms with Crippen LogP contribution in [0, 0.1) is 5.92 Å². The summed E-state index contributed by atoms with van der Waals surface area (Å²) in [5, 5.41) is 11.3. The van der Waals surface area contributed by atoms with Crippen LogP contribution in [-0.4, -0.2) is 60.6 Å². The molecule has 0 bridgehead atoms. The number of ether oxygens (including phenoxy) is 1. The molecule has 2 aliphatic heterocycles. The molecule has 2 heterocycles. The molecule has 2 saturated heterocycles. The summed E-state index contributed by atoms with van der Waals surface area (Å²) in [6, 6.07) is 4.23. The molecule has 0 spiro atoms. The molecule has 2 N–H and O–H groups in total. The minimum atomic E-state index is -0.834. The fourth-order valence-corrected chi connectivity index (χ4v) is 3.34. The fourth-order valence-electron chi connectivity index (χ4n) is 3.34. The molecule has 9 heteroatoms. The maximum atomic E-state index is 12.8. The number of nitrogens with zero attached hydrogens (tertiary/aromatic N) is 2. The number of urea groups is 1. The van der Waals surface area contributed by atoms with Crippen molar-refractivity contribution in [2.45, 2.75) is 19.3 Å². The number of carboxylic acids is 1. The number of piperidine rings is 1. The molecule has 27 heavy (non-hydrogen) atoms. The molecule has 0 saturated carbocycles. The zero-order chi connectivity index (χ0) is 19.6. The van der Waals surface area contributed by atoms with Gasteiger partial charge in [-0.25, -0.2) is 4.79 Å². The van der Waals surface area contributed by atoms with Crippen molar-refractivity contribution in [3.05, 3.63) is 23.8 Å². The number of hydrogen-bond donors (Lipinski definition) is 2. The quantitative estimate of drug-likeness (QED) is 0.813. The highest BCUT2D eigenvalue weighted by molar-refractivity contribution is 6.07. The van der Waals surface area contributed by atoms with Crippen LogP contribution in [0.25, 0.3) is 0 Å². The Kier molecular flexibility index (Phi) is 5.29. The topological polar surface area (TPSA) is 116 Å². The summed E-state index contributed by atoms with van der Waals surface area (Å²) in [7, 11) is 1.46. The predicted octanol–water partition coefficient (Wildman–Crippen LogP) is 1.08. The molecule has 0 aliphatic carbocycles. The van der Waals surface area contributed by atoms with Crippen molar-refractivity contribution in [1.82, 2.24) is 10.2 Å². The molecule has 9 nitrogen and oxygen atoms in total. The van der Waals surface area contributed by atoms with Crippen molar-refractivity contribution < 1.29 is 29.0 Å². The number of likely N-dealkylation sites (tertiary alicyclic amines) is 1. The van der Waals surface area contributed by atoms with E-state index in [2.05, 4.69) is 5.32 Å². The van der Waals surface area contributed by atoms with E-state index in [4.69, 9.17) is 9.84 Å². The molecule has 0 aromatic heterocycles. The molecule has 0 radical (unpaired) electrons. The zero-order valence-corrected chi connectivity index (χ0v) is 14.9. The molecule has 2 fully saturated rings. The van der Waals surface area contributed by atoms with E-state index >= 15 is 0 Å². The lowest BCUT2D eigenvalue weighted by atomic mass is 9.96. The first kappa shape index (κ1) is 18.7. The second-order valence-electron chi connectivity index (χ2n) is 6.55. The summed E-state index contributed by atoms with van der Waals surface area (Å²) in [4.78, 5) is 50.4. The van der Waals surface area contributed by atoms with E-state index in [0.29, 0.717) is 42.9 Å². The van der Waals surface area contributed by atoms with Gasteiger partial charge in [-0.1, -0.05) is 0 Å². The monoisotopic (exact) mass is 375 g/mol. The summed E-state index contributed by atoms with van der Waals surface area (Å²) in [5.74, 6) is -1.41. The molecule has 3 rings (SSSR count). The average Bonchev–Trinajstić information content (AvgIpc) is 2.67. The highest BCUT2D eigenvalue weighted by Crippen LogP contribution is 2.31. The Hall–Kier alpha value is -3.10. The first-order valence-electron chi connectivity index (χ1n) is 8.72. The summed E-state index contributed by atoms with van der Waals surface area (Å²) in [6.45, 7) is 0.939. The molecule has 1 aromatic carbocycles. The van der Waals surface area contributed by atoms with Crippen LogP contribution in [0.2, 0.25) is 0 Å². The molecule has 2 aliphatic rings. The Bertz CT molecular complexity index is 785. The number of carbonyl (C=O) groups excluding carboxylic acids is 3. The van der Waals surface area contributed by atoms with E-state index in [9.17, 15) is 19.2 Å². The van der Waals surface area contributed by atoms with Crippen LogP contribution in [0.5, 0.6) is 5.75 Å². The highest BCUT2D eigenvalue weighted by Gasteiger charge is 2.30. The largest absolute Gasteiger partial charge is 0.495 e. The van der Waals surface area contributed by atoms with Gasteiger partial charge in [0.1, 0.15) is 5.75 Å². The van der Waals surface area contributed by atoms with Gasteiger partial charge in [0.2, 0.25) is 5.91 Å². The van der Waals surface area contributed by atoms with E-state index in [1.165, 1.54) is 12.0 Å². The summed E-state index contributed by atoms with van der Waals surface area (Å²) < 4.78 is 5.30. The summed E-state index contributed by atoms with van der Waals surface area (Å²) in [6.07, 6.45) is 0.997. The first-order valence-corrected chi connectivity index (χ1v) is 8.72. The van der Waals surface area contributed by atoms with E-state index in [-0.39, 0.29) is 24.8 Å². The van der Waals surface area contributed by atoms with Crippen molar-refractivity contribution in [2.24, 2.45) is 5.92 Å². The highest BCUT2D eigenvalue weighted by atomic mass is 16.5. The Labute approximate surface area is 155 Å². The molecule has 144 valence electrons. The van der Waals surface area contributed by atoms with E-state index < -0.39 is 17.9 Å². The van der Waals surface area contributed by atoms with Crippen molar-refractivity contribution in [2.75, 3.05) is 31.6 Å². The third kappa shape index (κ3) is 3.86. The van der Waals surface area contributed by atoms with Crippen LogP contribution in [0.1, 0.15) is 29.6 Å². The third-order valence-corrected chi connectivity index (χ3v) is 4.90. The van der Waals surface area contributed by atoms with Gasteiger partial charge in [-0.15, -0.1) is 0 Å². The number of rotatable bonds is 4. The van der Waals surface area contributed by atoms with Gasteiger partial charge in [0.05, 0.1) is 18.7 Å². The van der Waals surface area contributed by atoms with Gasteiger partial charge in [-0.3, -0.25) is 24.6 Å². The van der Waals surface area contributed by atoms with Gasteiger partial charge in [-0.05, 0) is 31.0 Å². The van der Waals surface area contributed by atoms with Crippen LogP contribution in [0.15, 0.2) is 18.2 Å². The number of nitrogens with one attached hydrogen (secondary N) is 1. The number of imide groups is 1. The molecule has 4 amide bonds. The maximum Gasteiger partial charge on any atom is 0.328 e. The smallest absolute Gasteiger partial charge is 0.328 e. The van der Waals surface area contributed by atoms with Crippen molar-refractivity contribution in [3.8, 4) is 5.75 Å². The normalized spacial score (nSPS) is 18.3. The lowest BCUT2D eigenvalue weighted by Gasteiger charge is -2.31. The molecule has 0 unspecified atom stereocenters. The number of hydrogen-bond acceptors (Lipinski definition) is 5. The minimum absolute atomic E-state index is 0.162. The third-order valence-electron chi connectivity index (χ3n) is 4.90. The number of amides is 4. The Morgan fingerprint density at radius 2 is 1.89 bits per heavy atom. The van der Waals surface area contributed by atoms with E-state index in [1.54, 1.807) is 23.1 Å². The first-order chi connectivity index (χ1) is 12.9. The minimum Gasteiger partial charge on any atom is -0.495 e. The molecule has 0 atom stereocenters. The van der Waals surface area contributed by atoms with Crippen molar-refractivity contribution >= 4 is 29.5 Å². The number of benzene rings is 1. The summed E-state index contributed by atoms with van der Waals surface area (Å²) in [5.41, 5.74) is 0.790. The van der Waals surface area contributed by atoms with Gasteiger partial charge in [-0.2, -0.15) is 0 Å². The van der Waals surface area contributed by atoms with E-state index in [0.717, 1.165) is 0 Å². The second-order valence-corrected chi connectivity index (χ2v) is 6.55. The Morgan fingerprint density at radius 1 is 1.19 bits per heavy atom. The summed E-state index contributed by atoms with van der Waals surface area (Å²) >= 11 is 0. The van der Waals surface area contributed by atoms with Crippen molar-refractivity contribution in [1.29, 1.82) is 0 Å². The standard InChI is InChI=1S/C18H21N3O6/c1-27-14-3-2-12(10-13(14)21-9-6-15(22)19-18(21)26)16(23)20-7-4-11(5-8-20)17(24)25/h2-3,10-11H,4-9H2,1H3,(H,24,25)(H,19,22,26). The average molecular weight is 375 g/mol. The Morgan fingerprint density at radius 3 is 2.48 bits per heavy atom. The SMILES string of the molecule is COc1ccc(C(=O)N2CCC(C(=O)O)CC2)cc1N1CCC(=O)NC1=O. The lowest BCUT2D eigenvalue weighted by Crippen LogP contribution is -2.49. The second kappa shape index (κ2) is 7.65. The van der Waals surface area contributed by atoms with Gasteiger partial charge in [0.25, 0.3) is 5.91 Å². The van der Waals surface area contributed by atoms with E-state index in [1.807, 2.05) is 0 Å². The van der Waals surface area contributed by atoms with Crippen molar-refractivity contribution in [3.63, 3.8) is 0 Å². The van der Waals surface area contributed by atoms with Crippen LogP contribution in [-0.2, 0) is 9.59 Å². The fraction of sp³-hybridized carbons (Fsp3) is 0.444. The molecule has 1 aromatic rings. The Balaban J connectivity index is 1.81. The zero-order valence-electron chi connectivity index (χ0n) is 14.9. The van der Waals surface area contributed by atoms with Crippen LogP contribution in [0.4, 0.5) is 10.5 Å². The predicted molar refractivity (Wildman–Crippen MR) is 94.8 cm³/mol. The van der Waals surface area contributed by atoms with Gasteiger partial charge in [0.15, 0.2) is 0 Å². The molecular weight excluding hydrogens is 354 g/mol. The van der Waals surface area contributed by atoms with Gasteiger partial charge < -0.3 is 14.7 Å². The number of methoxy groups -OCH3 is 1. The molecular formula is C18H21N3O6. The maximum absolute atomic E-state index is 12.8.